The molecule has 1 N–H and O–H groups in total. The molecule has 27 heavy (non-hydrogen) atoms. The molecule has 5 nitrogen and oxygen atoms in total. The molecule has 2 aromatic carbocycles. The quantitative estimate of drug-likeness (QED) is 0.658. The molecule has 140 valence electrons. The number of aromatic nitrogens is 4. The first-order valence-electron chi connectivity index (χ1n) is 9.26. The molecule has 0 bridgehead atoms. The van der Waals surface area contributed by atoms with Crippen LogP contribution >= 0.6 is 11.6 Å². The van der Waals surface area contributed by atoms with Crippen molar-refractivity contribution in [2.75, 3.05) is 5.32 Å². The lowest BCUT2D eigenvalue weighted by Gasteiger charge is -2.26. The summed E-state index contributed by atoms with van der Waals surface area (Å²) in [5, 5.41) is 16.7. The first-order chi connectivity index (χ1) is 13.2. The topological polar surface area (TPSA) is 55.6 Å². The summed E-state index contributed by atoms with van der Waals surface area (Å²) >= 11 is 6.00. The number of nitrogens with one attached hydrogen (secondary N) is 1. The highest BCUT2D eigenvalue weighted by molar-refractivity contribution is 6.30. The molecular weight excluding hydrogens is 365 g/mol. The number of tetrazole rings is 1. The van der Waals surface area contributed by atoms with Gasteiger partial charge in [-0.3, -0.25) is 0 Å². The van der Waals surface area contributed by atoms with Gasteiger partial charge in [-0.25, -0.2) is 9.07 Å². The van der Waals surface area contributed by atoms with Gasteiger partial charge in [0.05, 0.1) is 6.04 Å². The minimum Gasteiger partial charge on any atom is -0.371 e. The predicted molar refractivity (Wildman–Crippen MR) is 103 cm³/mol. The van der Waals surface area contributed by atoms with Crippen LogP contribution in [0.15, 0.2) is 48.5 Å². The maximum absolute atomic E-state index is 13.5. The molecule has 4 rings (SSSR count). The van der Waals surface area contributed by atoms with Crippen molar-refractivity contribution >= 4 is 17.3 Å². The summed E-state index contributed by atoms with van der Waals surface area (Å²) in [4.78, 5) is 0. The lowest BCUT2D eigenvalue weighted by Crippen LogP contribution is -2.23. The zero-order valence-electron chi connectivity index (χ0n) is 14.9. The summed E-state index contributed by atoms with van der Waals surface area (Å²) < 4.78 is 15.4. The normalized spacial score (nSPS) is 16.2. The highest BCUT2D eigenvalue weighted by Crippen LogP contribution is 2.32. The highest BCUT2D eigenvalue weighted by Gasteiger charge is 2.26. The van der Waals surface area contributed by atoms with Gasteiger partial charge >= 0.3 is 0 Å². The lowest BCUT2D eigenvalue weighted by molar-refractivity contribution is 0.315. The molecule has 0 radical (unpaired) electrons. The van der Waals surface area contributed by atoms with Gasteiger partial charge in [-0.05, 0) is 65.2 Å². The molecule has 0 spiro atoms. The van der Waals surface area contributed by atoms with E-state index < -0.39 is 0 Å². The predicted octanol–water partition coefficient (Wildman–Crippen LogP) is 5.17. The Kier molecular flexibility index (Phi) is 5.34. The van der Waals surface area contributed by atoms with Crippen molar-refractivity contribution in [1.82, 2.24) is 20.2 Å². The Morgan fingerprint density at radius 2 is 1.70 bits per heavy atom. The minimum atomic E-state index is -0.288. The molecular formula is C20H21ClFN5. The molecule has 1 aromatic heterocycles. The van der Waals surface area contributed by atoms with Crippen LogP contribution in [0.3, 0.4) is 0 Å². The highest BCUT2D eigenvalue weighted by atomic mass is 35.5. The number of nitrogens with zero attached hydrogens (tertiary/aromatic N) is 4. The van der Waals surface area contributed by atoms with Crippen LogP contribution in [0.2, 0.25) is 5.02 Å². The van der Waals surface area contributed by atoms with Crippen LogP contribution in [-0.4, -0.2) is 20.2 Å². The number of rotatable bonds is 5. The Hall–Kier alpha value is -2.47. The van der Waals surface area contributed by atoms with Crippen molar-refractivity contribution in [3.05, 3.63) is 70.8 Å². The number of hydrogen-bond acceptors (Lipinski definition) is 4. The summed E-state index contributed by atoms with van der Waals surface area (Å²) in [5.74, 6) is 0.472. The van der Waals surface area contributed by atoms with E-state index in [2.05, 4.69) is 20.8 Å². The molecule has 1 fully saturated rings. The maximum Gasteiger partial charge on any atom is 0.178 e. The second-order valence-corrected chi connectivity index (χ2v) is 7.35. The minimum absolute atomic E-state index is 0.268. The monoisotopic (exact) mass is 385 g/mol. The molecule has 7 heteroatoms. The Balaban J connectivity index is 1.70. The standard InChI is InChI=1S/C20H21ClFN5/c21-15-8-12-17(13-9-15)23-19(14-6-10-16(22)11-7-14)20-24-25-26-27(20)18-4-2-1-3-5-18/h6-13,18-19,23H,1-5H2/t19-/m1/s1. The molecule has 1 saturated carbocycles. The zero-order valence-corrected chi connectivity index (χ0v) is 15.6. The Bertz CT molecular complexity index is 872. The summed E-state index contributed by atoms with van der Waals surface area (Å²) in [6.45, 7) is 0. The van der Waals surface area contributed by atoms with E-state index in [0.717, 1.165) is 29.9 Å². The Morgan fingerprint density at radius 3 is 2.41 bits per heavy atom. The molecule has 1 aliphatic carbocycles. The van der Waals surface area contributed by atoms with E-state index in [0.29, 0.717) is 11.1 Å². The SMILES string of the molecule is Fc1ccc([C@@H](Nc2ccc(Cl)cc2)c2nnnn2C2CCCCC2)cc1. The summed E-state index contributed by atoms with van der Waals surface area (Å²) in [5.41, 5.74) is 1.80. The van der Waals surface area contributed by atoms with Gasteiger partial charge in [0, 0.05) is 10.7 Å². The Labute approximate surface area is 162 Å². The lowest BCUT2D eigenvalue weighted by atomic mass is 9.95. The molecule has 1 heterocycles. The molecule has 0 saturated heterocycles. The first-order valence-corrected chi connectivity index (χ1v) is 9.64. The Morgan fingerprint density at radius 1 is 1.00 bits per heavy atom. The van der Waals surface area contributed by atoms with Crippen LogP contribution in [0, 0.1) is 5.82 Å². The average molecular weight is 386 g/mol. The van der Waals surface area contributed by atoms with Gasteiger partial charge < -0.3 is 5.32 Å². The van der Waals surface area contributed by atoms with Gasteiger partial charge in [-0.1, -0.05) is 43.0 Å². The molecule has 0 amide bonds. The van der Waals surface area contributed by atoms with Crippen molar-refractivity contribution in [3.8, 4) is 0 Å². The zero-order chi connectivity index (χ0) is 18.6. The van der Waals surface area contributed by atoms with Crippen molar-refractivity contribution in [2.45, 2.75) is 44.2 Å². The van der Waals surface area contributed by atoms with Gasteiger partial charge in [0.15, 0.2) is 5.82 Å². The van der Waals surface area contributed by atoms with Crippen LogP contribution in [-0.2, 0) is 0 Å². The second-order valence-electron chi connectivity index (χ2n) is 6.91. The van der Waals surface area contributed by atoms with E-state index in [1.807, 2.05) is 28.9 Å². The van der Waals surface area contributed by atoms with Crippen LogP contribution in [0.4, 0.5) is 10.1 Å². The van der Waals surface area contributed by atoms with E-state index in [9.17, 15) is 4.39 Å². The molecule has 0 aliphatic heterocycles. The summed E-state index contributed by atoms with van der Waals surface area (Å²) in [6, 6.07) is 13.9. The molecule has 1 atom stereocenters. The van der Waals surface area contributed by atoms with Crippen molar-refractivity contribution in [2.24, 2.45) is 0 Å². The summed E-state index contributed by atoms with van der Waals surface area (Å²) in [7, 11) is 0. The molecule has 1 aliphatic rings. The van der Waals surface area contributed by atoms with Gasteiger partial charge in [-0.2, -0.15) is 0 Å². The molecule has 0 unspecified atom stereocenters. The van der Waals surface area contributed by atoms with Crippen LogP contribution in [0.5, 0.6) is 0 Å². The van der Waals surface area contributed by atoms with Crippen molar-refractivity contribution in [3.63, 3.8) is 0 Å². The van der Waals surface area contributed by atoms with Gasteiger partial charge in [-0.15, -0.1) is 5.10 Å². The van der Waals surface area contributed by atoms with E-state index in [-0.39, 0.29) is 11.9 Å². The number of benzene rings is 2. The van der Waals surface area contributed by atoms with Gasteiger partial charge in [0.1, 0.15) is 11.9 Å². The van der Waals surface area contributed by atoms with E-state index in [1.54, 1.807) is 12.1 Å². The van der Waals surface area contributed by atoms with E-state index in [4.69, 9.17) is 11.6 Å². The van der Waals surface area contributed by atoms with Crippen LogP contribution in [0.25, 0.3) is 0 Å². The maximum atomic E-state index is 13.5. The number of halogens is 2. The third-order valence-corrected chi connectivity index (χ3v) is 5.31. The summed E-state index contributed by atoms with van der Waals surface area (Å²) in [6.07, 6.45) is 5.80. The fourth-order valence-corrected chi connectivity index (χ4v) is 3.77. The van der Waals surface area contributed by atoms with E-state index >= 15 is 0 Å². The van der Waals surface area contributed by atoms with Gasteiger partial charge in [0.25, 0.3) is 0 Å². The van der Waals surface area contributed by atoms with Crippen molar-refractivity contribution in [1.29, 1.82) is 0 Å². The van der Waals surface area contributed by atoms with Gasteiger partial charge in [0.2, 0.25) is 0 Å². The van der Waals surface area contributed by atoms with Crippen molar-refractivity contribution < 1.29 is 4.39 Å². The third-order valence-electron chi connectivity index (χ3n) is 5.06. The van der Waals surface area contributed by atoms with Crippen LogP contribution < -0.4 is 5.32 Å². The fourth-order valence-electron chi connectivity index (χ4n) is 3.64. The fraction of sp³-hybridized carbons (Fsp3) is 0.350. The third kappa shape index (κ3) is 4.11. The number of hydrogen-bond donors (Lipinski definition) is 1. The first kappa shape index (κ1) is 17.9. The van der Waals surface area contributed by atoms with E-state index in [1.165, 1.54) is 31.4 Å². The average Bonchev–Trinajstić information content (AvgIpc) is 3.19. The molecule has 3 aromatic rings. The second kappa shape index (κ2) is 8.05. The number of anilines is 1. The smallest absolute Gasteiger partial charge is 0.178 e. The van der Waals surface area contributed by atoms with Crippen LogP contribution in [0.1, 0.15) is 55.6 Å². The largest absolute Gasteiger partial charge is 0.371 e.